The fourth-order valence-corrected chi connectivity index (χ4v) is 3.86. The van der Waals surface area contributed by atoms with Crippen molar-refractivity contribution in [1.82, 2.24) is 0 Å². The van der Waals surface area contributed by atoms with Crippen LogP contribution in [0.5, 0.6) is 23.0 Å². The van der Waals surface area contributed by atoms with Gasteiger partial charge in [-0.25, -0.2) is 0 Å². The Labute approximate surface area is 146 Å². The summed E-state index contributed by atoms with van der Waals surface area (Å²) in [7, 11) is 1.48. The fraction of sp³-hybridized carbons (Fsp3) is 0.350. The molecule has 1 heterocycles. The van der Waals surface area contributed by atoms with Crippen LogP contribution < -0.4 is 14.2 Å². The first kappa shape index (κ1) is 15.8. The summed E-state index contributed by atoms with van der Waals surface area (Å²) in [5.41, 5.74) is 2.48. The van der Waals surface area contributed by atoms with E-state index in [-0.39, 0.29) is 36.1 Å². The first-order valence-corrected chi connectivity index (χ1v) is 8.36. The summed E-state index contributed by atoms with van der Waals surface area (Å²) in [5.74, 6) is 1.83. The third-order valence-electron chi connectivity index (χ3n) is 5.44. The van der Waals surface area contributed by atoms with Gasteiger partial charge in [-0.3, -0.25) is 4.79 Å². The Bertz CT molecular complexity index is 857. The van der Waals surface area contributed by atoms with Gasteiger partial charge in [-0.15, -0.1) is 0 Å². The summed E-state index contributed by atoms with van der Waals surface area (Å²) >= 11 is 0. The van der Waals surface area contributed by atoms with Crippen molar-refractivity contribution in [3.63, 3.8) is 0 Å². The second kappa shape index (κ2) is 5.69. The number of fused-ring (bicyclic) bond motifs is 2. The molecule has 0 radical (unpaired) electrons. The molecule has 4 rings (SSSR count). The maximum atomic E-state index is 12.8. The number of phenols is 1. The molecule has 0 saturated carbocycles. The first-order valence-electron chi connectivity index (χ1n) is 8.36. The number of carbonyl (C=O) groups excluding carboxylic acids is 1. The summed E-state index contributed by atoms with van der Waals surface area (Å²) in [6.07, 6.45) is 0. The summed E-state index contributed by atoms with van der Waals surface area (Å²) in [5, 5.41) is 10.2. The topological polar surface area (TPSA) is 65.0 Å². The number of phenolic OH excluding ortho intramolecular Hbond substituents is 1. The van der Waals surface area contributed by atoms with Crippen LogP contribution >= 0.6 is 0 Å². The molecule has 2 aliphatic rings. The number of ether oxygens (including phenoxy) is 3. The molecule has 0 amide bonds. The van der Waals surface area contributed by atoms with Crippen LogP contribution in [0.15, 0.2) is 30.3 Å². The fourth-order valence-electron chi connectivity index (χ4n) is 3.86. The molecule has 0 spiro atoms. The number of benzene rings is 2. The highest BCUT2D eigenvalue weighted by atomic mass is 16.7. The zero-order valence-corrected chi connectivity index (χ0v) is 14.4. The van der Waals surface area contributed by atoms with E-state index in [9.17, 15) is 9.90 Å². The third kappa shape index (κ3) is 2.34. The number of ketones is 1. The van der Waals surface area contributed by atoms with Crippen LogP contribution in [0.25, 0.3) is 0 Å². The van der Waals surface area contributed by atoms with E-state index in [2.05, 4.69) is 6.92 Å². The number of hydrogen-bond acceptors (Lipinski definition) is 5. The lowest BCUT2D eigenvalue weighted by Crippen LogP contribution is -2.32. The van der Waals surface area contributed by atoms with Gasteiger partial charge in [0.05, 0.1) is 7.11 Å². The van der Waals surface area contributed by atoms with Crippen molar-refractivity contribution in [2.24, 2.45) is 11.8 Å². The quantitative estimate of drug-likeness (QED) is 0.902. The van der Waals surface area contributed by atoms with Gasteiger partial charge in [0.2, 0.25) is 6.79 Å². The average molecular weight is 340 g/mol. The Hall–Kier alpha value is -2.69. The maximum absolute atomic E-state index is 12.8. The van der Waals surface area contributed by atoms with E-state index in [0.717, 1.165) is 16.9 Å². The average Bonchev–Trinajstić information content (AvgIpc) is 3.07. The largest absolute Gasteiger partial charge is 0.504 e. The molecule has 130 valence electrons. The van der Waals surface area contributed by atoms with E-state index in [1.165, 1.54) is 7.11 Å². The van der Waals surface area contributed by atoms with Gasteiger partial charge < -0.3 is 19.3 Å². The van der Waals surface area contributed by atoms with E-state index in [1.807, 2.05) is 25.1 Å². The zero-order valence-electron chi connectivity index (χ0n) is 14.4. The minimum atomic E-state index is -0.128. The van der Waals surface area contributed by atoms with E-state index in [0.29, 0.717) is 17.1 Å². The molecule has 3 unspecified atom stereocenters. The number of aromatic hydroxyl groups is 1. The molecule has 0 fully saturated rings. The Morgan fingerprint density at radius 3 is 2.64 bits per heavy atom. The highest BCUT2D eigenvalue weighted by Crippen LogP contribution is 2.48. The van der Waals surface area contributed by atoms with Gasteiger partial charge in [0.25, 0.3) is 0 Å². The SMILES string of the molecule is COc1cc2c(cc1O)C(c1ccc3c(c1)OCO3)C(C)C(C)C2=O. The predicted molar refractivity (Wildman–Crippen MR) is 91.7 cm³/mol. The first-order chi connectivity index (χ1) is 12.0. The summed E-state index contributed by atoms with van der Waals surface area (Å²) < 4.78 is 16.1. The van der Waals surface area contributed by atoms with Crippen LogP contribution in [0.2, 0.25) is 0 Å². The molecule has 2 aromatic rings. The third-order valence-corrected chi connectivity index (χ3v) is 5.44. The van der Waals surface area contributed by atoms with Crippen LogP contribution in [0.3, 0.4) is 0 Å². The number of Topliss-reactive ketones (excluding diaryl/α,β-unsaturated/α-hetero) is 1. The molecule has 0 aromatic heterocycles. The van der Waals surface area contributed by atoms with Gasteiger partial charge in [-0.1, -0.05) is 19.9 Å². The van der Waals surface area contributed by atoms with Crippen LogP contribution in [0.1, 0.15) is 41.3 Å². The second-order valence-electron chi connectivity index (χ2n) is 6.71. The van der Waals surface area contributed by atoms with E-state index in [1.54, 1.807) is 12.1 Å². The molecule has 1 aliphatic heterocycles. The number of methoxy groups -OCH3 is 1. The lowest BCUT2D eigenvalue weighted by atomic mass is 9.67. The van der Waals surface area contributed by atoms with E-state index in [4.69, 9.17) is 14.2 Å². The molecule has 5 nitrogen and oxygen atoms in total. The predicted octanol–water partition coefficient (Wildman–Crippen LogP) is 3.73. The maximum Gasteiger partial charge on any atom is 0.231 e. The van der Waals surface area contributed by atoms with Crippen LogP contribution in [0, 0.1) is 11.8 Å². The molecule has 1 N–H and O–H groups in total. The minimum Gasteiger partial charge on any atom is -0.504 e. The van der Waals surface area contributed by atoms with Crippen molar-refractivity contribution in [3.8, 4) is 23.0 Å². The van der Waals surface area contributed by atoms with Gasteiger partial charge in [0.1, 0.15) is 0 Å². The van der Waals surface area contributed by atoms with Crippen molar-refractivity contribution in [2.45, 2.75) is 19.8 Å². The van der Waals surface area contributed by atoms with Crippen molar-refractivity contribution >= 4 is 5.78 Å². The monoisotopic (exact) mass is 340 g/mol. The molecule has 2 aromatic carbocycles. The Morgan fingerprint density at radius 1 is 1.12 bits per heavy atom. The van der Waals surface area contributed by atoms with E-state index >= 15 is 0 Å². The Kier molecular flexibility index (Phi) is 3.60. The molecular formula is C20H20O5. The molecule has 1 aliphatic carbocycles. The smallest absolute Gasteiger partial charge is 0.231 e. The number of rotatable bonds is 2. The minimum absolute atomic E-state index is 0.0194. The molecule has 25 heavy (non-hydrogen) atoms. The molecule has 0 bridgehead atoms. The normalized spacial score (nSPS) is 24.1. The van der Waals surface area contributed by atoms with Crippen molar-refractivity contribution in [2.75, 3.05) is 13.9 Å². The lowest BCUT2D eigenvalue weighted by Gasteiger charge is -2.35. The van der Waals surface area contributed by atoms with Gasteiger partial charge in [-0.05, 0) is 41.3 Å². The van der Waals surface area contributed by atoms with Crippen molar-refractivity contribution < 1.29 is 24.1 Å². The van der Waals surface area contributed by atoms with Crippen LogP contribution in [-0.2, 0) is 0 Å². The van der Waals surface area contributed by atoms with Gasteiger partial charge in [-0.2, -0.15) is 0 Å². The Balaban J connectivity index is 1.89. The summed E-state index contributed by atoms with van der Waals surface area (Å²) in [6.45, 7) is 4.25. The standard InChI is InChI=1S/C20H20O5/c1-10-11(2)20(22)14-8-17(23-3)15(21)7-13(14)19(10)12-4-5-16-18(6-12)25-9-24-16/h4-8,10-11,19,21H,9H2,1-3H3. The van der Waals surface area contributed by atoms with Crippen molar-refractivity contribution in [3.05, 3.63) is 47.0 Å². The summed E-state index contributed by atoms with van der Waals surface area (Å²) in [6, 6.07) is 9.17. The van der Waals surface area contributed by atoms with Crippen LogP contribution in [0.4, 0.5) is 0 Å². The number of hydrogen-bond donors (Lipinski definition) is 1. The highest BCUT2D eigenvalue weighted by Gasteiger charge is 2.39. The molecule has 3 atom stereocenters. The number of carbonyl (C=O) groups is 1. The second-order valence-corrected chi connectivity index (χ2v) is 6.71. The highest BCUT2D eigenvalue weighted by molar-refractivity contribution is 6.01. The molecule has 0 saturated heterocycles. The molecular weight excluding hydrogens is 320 g/mol. The lowest BCUT2D eigenvalue weighted by molar-refractivity contribution is 0.0865. The zero-order chi connectivity index (χ0) is 17.7. The van der Waals surface area contributed by atoms with Gasteiger partial charge >= 0.3 is 0 Å². The Morgan fingerprint density at radius 2 is 1.88 bits per heavy atom. The molecule has 5 heteroatoms. The van der Waals surface area contributed by atoms with E-state index < -0.39 is 0 Å². The van der Waals surface area contributed by atoms with Gasteiger partial charge in [0, 0.05) is 17.4 Å². The van der Waals surface area contributed by atoms with Crippen LogP contribution in [-0.4, -0.2) is 24.8 Å². The van der Waals surface area contributed by atoms with Gasteiger partial charge in [0.15, 0.2) is 28.8 Å². The van der Waals surface area contributed by atoms with Crippen molar-refractivity contribution in [1.29, 1.82) is 0 Å². The summed E-state index contributed by atoms with van der Waals surface area (Å²) in [4.78, 5) is 12.8.